The average molecular weight is 1360 g/mol. The number of aliphatic hydroxyl groups is 4. The van der Waals surface area contributed by atoms with Crippen LogP contribution in [0.3, 0.4) is 0 Å². The standard InChI is InChI=1S/C82H122N2O14/c1-11-15-35-95-73(91)71(74(92)96-36-16-12-2)81-33-31-77(7)55(45-81)41-63(85)69-59-29-27-57(79(59,9)65(87)43-61(69)77)50(6)40-68(90)84-48-52-21-25-54(26-22-52)82(72(75(93)97-37-17-13-3)76(94)98-38-18-14-4)34-32-78(8)56(46-82)42-64(86)70-60-30-28-58(80(60,10)66(88)44-62(70)78)49(5)39-67(89)83-47-51-19-23-53(81)24-20-51/h19-26,49-50,55-66,69-72,85-88H,11-18,27-48H2,1-10H3,(H,83,89)(H,84,90)/t49-,50-,55?,56?,57-,58-,59+,60+,61+,62+,63-,64-,65+,66+,69+,70+,77+,78+,79-,80-,81-,82+/m1/s1. The van der Waals surface area contributed by atoms with Crippen molar-refractivity contribution in [1.82, 2.24) is 10.6 Å². The minimum absolute atomic E-state index is 0.00580. The minimum Gasteiger partial charge on any atom is -0.465 e. The number of amides is 2. The van der Waals surface area contributed by atoms with Crippen molar-refractivity contribution in [3.63, 3.8) is 0 Å². The lowest BCUT2D eigenvalue weighted by molar-refractivity contribution is -0.209. The van der Waals surface area contributed by atoms with Gasteiger partial charge in [-0.25, -0.2) is 0 Å². The Balaban J connectivity index is 0.935. The number of hydrogen-bond donors (Lipinski definition) is 6. The smallest absolute Gasteiger partial charge is 0.321 e. The van der Waals surface area contributed by atoms with Gasteiger partial charge < -0.3 is 50.0 Å². The molecule has 16 heteroatoms. The van der Waals surface area contributed by atoms with Gasteiger partial charge in [-0.2, -0.15) is 0 Å². The maximum Gasteiger partial charge on any atom is 0.321 e. The van der Waals surface area contributed by atoms with Crippen LogP contribution in [0.1, 0.15) is 246 Å². The number of hydrogen-bond acceptors (Lipinski definition) is 14. The topological polar surface area (TPSA) is 244 Å². The Kier molecular flexibility index (Phi) is 22.9. The second kappa shape index (κ2) is 30.2. The van der Waals surface area contributed by atoms with E-state index in [4.69, 9.17) is 18.9 Å². The van der Waals surface area contributed by atoms with Crippen LogP contribution in [0, 0.1) is 105 Å². The van der Waals surface area contributed by atoms with Crippen molar-refractivity contribution >= 4 is 35.7 Å². The van der Waals surface area contributed by atoms with E-state index >= 15 is 0 Å². The third kappa shape index (κ3) is 13.4. The third-order valence-electron chi connectivity index (χ3n) is 29.4. The van der Waals surface area contributed by atoms with E-state index in [1.54, 1.807) is 0 Å². The molecule has 6 N–H and O–H groups in total. The molecule has 2 amide bonds. The molecule has 8 aliphatic carbocycles. The molecule has 7 aliphatic heterocycles. The summed E-state index contributed by atoms with van der Waals surface area (Å²) < 4.78 is 24.2. The number of unbranched alkanes of at least 4 members (excludes halogenated alkanes) is 4. The number of carbonyl (C=O) groups is 6. The SMILES string of the molecule is CCCCOC(=O)C(C(=O)OCCCC)[C@]12CC[C@@]3(C)C(C[C@@H](O)[C@H]4[C@@H]5CC[C@H]([C@H](C)CC(=O)NCc6ccc(cc6)[C@@]6(C(C(=O)OCCCC)C(=O)OCCCC)CC[C@@]7(C)C(C[C@@H](O)[C@H]8[C@@H]9CC[C@H]([C@H](C)CC(=O)NCc%10ccc1cc%10)[C@@]9(C)[C@@H](O)C[C@@H]87)C6)[C@@]5(C)[C@@H](O)C[C@@H]43)C2. The summed E-state index contributed by atoms with van der Waals surface area (Å²) in [5.74, 6) is -5.76. The number of rotatable bonds is 18. The van der Waals surface area contributed by atoms with Gasteiger partial charge in [-0.3, -0.25) is 28.8 Å². The monoisotopic (exact) mass is 1360 g/mol. The third-order valence-corrected chi connectivity index (χ3v) is 29.4. The van der Waals surface area contributed by atoms with Gasteiger partial charge in [-0.05, 0) is 231 Å². The summed E-state index contributed by atoms with van der Waals surface area (Å²) >= 11 is 0. The number of esters is 4. The zero-order valence-corrected chi connectivity index (χ0v) is 61.1. The quantitative estimate of drug-likeness (QED) is 0.0352. The van der Waals surface area contributed by atoms with Crippen LogP contribution in [0.4, 0.5) is 0 Å². The van der Waals surface area contributed by atoms with Gasteiger partial charge in [0.15, 0.2) is 11.8 Å². The number of aliphatic hydroxyl groups excluding tert-OH is 4. The summed E-state index contributed by atoms with van der Waals surface area (Å²) in [5, 5.41) is 57.8. The molecule has 2 aromatic carbocycles. The molecule has 14 bridgehead atoms. The largest absolute Gasteiger partial charge is 0.465 e. The van der Waals surface area contributed by atoms with Crippen LogP contribution in [0.2, 0.25) is 0 Å². The lowest BCUT2D eigenvalue weighted by Gasteiger charge is -2.65. The molecule has 2 aromatic rings. The van der Waals surface area contributed by atoms with Crippen molar-refractivity contribution in [2.75, 3.05) is 26.4 Å². The molecule has 8 saturated carbocycles. The van der Waals surface area contributed by atoms with E-state index in [9.17, 15) is 49.2 Å². The fourth-order valence-electron chi connectivity index (χ4n) is 23.8. The van der Waals surface area contributed by atoms with Crippen molar-refractivity contribution < 1.29 is 68.1 Å². The first kappa shape index (κ1) is 74.3. The van der Waals surface area contributed by atoms with Crippen LogP contribution in [0.25, 0.3) is 0 Å². The predicted molar refractivity (Wildman–Crippen MR) is 374 cm³/mol. The van der Waals surface area contributed by atoms with E-state index in [1.165, 1.54) is 0 Å². The van der Waals surface area contributed by atoms with Crippen molar-refractivity contribution in [3.8, 4) is 0 Å². The molecule has 0 spiro atoms. The first-order chi connectivity index (χ1) is 46.8. The van der Waals surface area contributed by atoms with Gasteiger partial charge in [-0.1, -0.05) is 143 Å². The first-order valence-corrected chi connectivity index (χ1v) is 38.9. The Bertz CT molecular complexity index is 2890. The highest BCUT2D eigenvalue weighted by Crippen LogP contribution is 2.73. The number of nitrogens with one attached hydrogen (secondary N) is 2. The Labute approximate surface area is 585 Å². The van der Waals surface area contributed by atoms with Crippen LogP contribution in [0.5, 0.6) is 0 Å². The van der Waals surface area contributed by atoms with Crippen LogP contribution >= 0.6 is 0 Å². The average Bonchev–Trinajstić information content (AvgIpc) is 1.30. The Morgan fingerprint density at radius 3 is 1.09 bits per heavy atom. The normalized spacial score (nSPS) is 39.9. The van der Waals surface area contributed by atoms with E-state index in [-0.39, 0.29) is 146 Å². The summed E-state index contributed by atoms with van der Waals surface area (Å²) in [5.41, 5.74) is -0.598. The first-order valence-electron chi connectivity index (χ1n) is 38.9. The minimum atomic E-state index is -1.27. The number of carbonyl (C=O) groups excluding carboxylic acids is 6. The molecule has 0 radical (unpaired) electrons. The van der Waals surface area contributed by atoms with Gasteiger partial charge in [0.25, 0.3) is 0 Å². The molecule has 16 nitrogen and oxygen atoms in total. The molecule has 98 heavy (non-hydrogen) atoms. The molecule has 0 aromatic heterocycles. The highest BCUT2D eigenvalue weighted by atomic mass is 16.6. The zero-order valence-electron chi connectivity index (χ0n) is 61.1. The van der Waals surface area contributed by atoms with Crippen molar-refractivity contribution in [2.24, 2.45) is 105 Å². The van der Waals surface area contributed by atoms with Crippen LogP contribution in [0.15, 0.2) is 48.5 Å². The van der Waals surface area contributed by atoms with Crippen molar-refractivity contribution in [1.29, 1.82) is 0 Å². The van der Waals surface area contributed by atoms with Crippen LogP contribution in [-0.4, -0.2) is 107 Å². The Morgan fingerprint density at radius 2 is 0.776 bits per heavy atom. The molecule has 22 atom stereocenters. The summed E-state index contributed by atoms with van der Waals surface area (Å²) in [7, 11) is 0. The van der Waals surface area contributed by atoms with Gasteiger partial charge in [0, 0.05) is 36.8 Å². The van der Waals surface area contributed by atoms with Crippen LogP contribution in [-0.2, 0) is 71.6 Å². The zero-order chi connectivity index (χ0) is 70.3. The molecule has 0 saturated heterocycles. The lowest BCUT2D eigenvalue weighted by atomic mass is 9.40. The van der Waals surface area contributed by atoms with E-state index < -0.39 is 81.8 Å². The fraction of sp³-hybridized carbons (Fsp3) is 0.780. The van der Waals surface area contributed by atoms with Crippen molar-refractivity contribution in [2.45, 2.75) is 272 Å². The molecular weight excluding hydrogens is 1240 g/mol. The van der Waals surface area contributed by atoms with E-state index in [0.29, 0.717) is 89.9 Å². The molecule has 2 unspecified atom stereocenters. The summed E-state index contributed by atoms with van der Waals surface area (Å²) in [6.07, 6.45) is 11.8. The predicted octanol–water partition coefficient (Wildman–Crippen LogP) is 13.0. The molecule has 544 valence electrons. The molecule has 8 fully saturated rings. The van der Waals surface area contributed by atoms with Crippen LogP contribution < -0.4 is 10.6 Å². The fourth-order valence-corrected chi connectivity index (χ4v) is 23.8. The summed E-state index contributed by atoms with van der Waals surface area (Å²) in [6, 6.07) is 16.0. The van der Waals surface area contributed by atoms with E-state index in [2.05, 4.69) is 52.2 Å². The van der Waals surface area contributed by atoms with Gasteiger partial charge in [0.2, 0.25) is 11.8 Å². The summed E-state index contributed by atoms with van der Waals surface area (Å²) in [4.78, 5) is 88.0. The molecule has 15 aliphatic rings. The summed E-state index contributed by atoms with van der Waals surface area (Å²) in [6.45, 7) is 22.7. The second-order valence-electron chi connectivity index (χ2n) is 34.2. The van der Waals surface area contributed by atoms with Gasteiger partial charge in [-0.15, -0.1) is 0 Å². The number of ether oxygens (including phenoxy) is 4. The van der Waals surface area contributed by atoms with Gasteiger partial charge >= 0.3 is 23.9 Å². The number of fused-ring (bicyclic) bond motifs is 2. The van der Waals surface area contributed by atoms with Gasteiger partial charge in [0.05, 0.1) is 50.8 Å². The maximum atomic E-state index is 14.8. The Morgan fingerprint density at radius 1 is 0.459 bits per heavy atom. The highest BCUT2D eigenvalue weighted by molar-refractivity contribution is 5.98. The van der Waals surface area contributed by atoms with Crippen molar-refractivity contribution in [3.05, 3.63) is 70.8 Å². The highest BCUT2D eigenvalue weighted by Gasteiger charge is 2.70. The Hall–Kier alpha value is -4.90. The second-order valence-corrected chi connectivity index (χ2v) is 34.2. The number of benzene rings is 2. The van der Waals surface area contributed by atoms with E-state index in [1.807, 2.05) is 76.2 Å². The molecular formula is C82H122N2O14. The lowest BCUT2D eigenvalue weighted by Crippen LogP contribution is -2.64. The van der Waals surface area contributed by atoms with E-state index in [0.717, 1.165) is 73.6 Å². The maximum absolute atomic E-state index is 14.8. The molecule has 17 rings (SSSR count). The molecule has 7 heterocycles. The van der Waals surface area contributed by atoms with Gasteiger partial charge in [0.1, 0.15) is 0 Å².